The zero-order valence-electron chi connectivity index (χ0n) is 22.7. The number of rotatable bonds is 12. The van der Waals surface area contributed by atoms with Crippen LogP contribution in [0.15, 0.2) is 24.5 Å². The van der Waals surface area contributed by atoms with E-state index >= 15 is 0 Å². The van der Waals surface area contributed by atoms with Crippen LogP contribution in [0.1, 0.15) is 56.6 Å². The Morgan fingerprint density at radius 2 is 1.28 bits per heavy atom. The molecule has 4 aromatic heterocycles. The summed E-state index contributed by atoms with van der Waals surface area (Å²) in [6.45, 7) is 9.19. The number of nitrogens with two attached hydrogens (primary N) is 4. The highest BCUT2D eigenvalue weighted by molar-refractivity contribution is 5.44. The molecule has 14 heteroatoms. The first kappa shape index (κ1) is 27.4. The van der Waals surface area contributed by atoms with E-state index in [1.165, 1.54) is 0 Å². The molecule has 4 rings (SSSR count). The number of nitrogen functional groups attached to an aromatic ring is 4. The van der Waals surface area contributed by atoms with Gasteiger partial charge in [-0.1, -0.05) is 0 Å². The minimum atomic E-state index is -0.139. The maximum atomic E-state index is 6.17. The summed E-state index contributed by atoms with van der Waals surface area (Å²) in [6.07, 6.45) is 4.80. The van der Waals surface area contributed by atoms with Gasteiger partial charge in [0.25, 0.3) is 0 Å². The molecule has 208 valence electrons. The molecule has 0 bridgehead atoms. The first-order valence-electron chi connectivity index (χ1n) is 12.8. The summed E-state index contributed by atoms with van der Waals surface area (Å²) < 4.78 is 15.8. The van der Waals surface area contributed by atoms with E-state index in [-0.39, 0.29) is 24.1 Å². The molecule has 1 atom stereocenters. The third kappa shape index (κ3) is 7.03. The summed E-state index contributed by atoms with van der Waals surface area (Å²) in [5.41, 5.74) is 26.7. The molecule has 0 aromatic carbocycles. The lowest BCUT2D eigenvalue weighted by Crippen LogP contribution is -2.17. The van der Waals surface area contributed by atoms with Crippen molar-refractivity contribution in [1.29, 1.82) is 0 Å². The van der Waals surface area contributed by atoms with E-state index in [2.05, 4.69) is 30.1 Å². The topological polar surface area (TPSA) is 210 Å². The van der Waals surface area contributed by atoms with E-state index in [1.54, 1.807) is 12.4 Å². The monoisotopic (exact) mass is 536 g/mol. The standard InChI is InChI=1S/C25H36N12O2/c1-5-36-18(8-16-12-30-24(28)32-22(16)26)10-21(34-36)39-15(4)6-7-37-19(11-20(35-37)38-14(2)3)9-17-13-31-25(29)33-23(17)27/h10-15H,5-9H2,1-4H3,(H4,26,28,30,32)(H4,27,29,31,33). The number of anilines is 4. The van der Waals surface area contributed by atoms with Gasteiger partial charge in [-0.3, -0.25) is 9.36 Å². The molecule has 0 aliphatic heterocycles. The number of ether oxygens (including phenoxy) is 2. The second kappa shape index (κ2) is 11.8. The average Bonchev–Trinajstić information content (AvgIpc) is 3.43. The van der Waals surface area contributed by atoms with Gasteiger partial charge in [-0.2, -0.15) is 9.97 Å². The van der Waals surface area contributed by atoms with Crippen molar-refractivity contribution in [2.75, 3.05) is 22.9 Å². The van der Waals surface area contributed by atoms with Gasteiger partial charge in [0.15, 0.2) is 0 Å². The van der Waals surface area contributed by atoms with Crippen molar-refractivity contribution in [2.24, 2.45) is 0 Å². The number of hydrogen-bond acceptors (Lipinski definition) is 12. The van der Waals surface area contributed by atoms with Gasteiger partial charge < -0.3 is 32.4 Å². The molecule has 0 radical (unpaired) electrons. The highest BCUT2D eigenvalue weighted by Gasteiger charge is 2.17. The fraction of sp³-hybridized carbons (Fsp3) is 0.440. The molecule has 8 N–H and O–H groups in total. The van der Waals surface area contributed by atoms with Gasteiger partial charge in [0.05, 0.1) is 12.2 Å². The third-order valence-corrected chi connectivity index (χ3v) is 5.98. The lowest BCUT2D eigenvalue weighted by atomic mass is 10.1. The molecule has 39 heavy (non-hydrogen) atoms. The second-order valence-corrected chi connectivity index (χ2v) is 9.50. The summed E-state index contributed by atoms with van der Waals surface area (Å²) in [4.78, 5) is 16.2. The lowest BCUT2D eigenvalue weighted by molar-refractivity contribution is 0.190. The molecule has 4 aromatic rings. The summed E-state index contributed by atoms with van der Waals surface area (Å²) in [5, 5.41) is 9.25. The molecule has 0 saturated carbocycles. The minimum Gasteiger partial charge on any atom is -0.474 e. The summed E-state index contributed by atoms with van der Waals surface area (Å²) in [7, 11) is 0. The van der Waals surface area contributed by atoms with E-state index in [4.69, 9.17) is 32.4 Å². The molecule has 14 nitrogen and oxygen atoms in total. The van der Waals surface area contributed by atoms with Gasteiger partial charge in [-0.15, -0.1) is 10.2 Å². The van der Waals surface area contributed by atoms with Crippen LogP contribution in [0.4, 0.5) is 23.5 Å². The Morgan fingerprint density at radius 1 is 0.769 bits per heavy atom. The zero-order valence-corrected chi connectivity index (χ0v) is 22.7. The summed E-state index contributed by atoms with van der Waals surface area (Å²) in [5.74, 6) is 2.05. The van der Waals surface area contributed by atoms with Crippen molar-refractivity contribution in [3.8, 4) is 11.8 Å². The first-order valence-corrected chi connectivity index (χ1v) is 12.8. The van der Waals surface area contributed by atoms with Crippen molar-refractivity contribution in [3.05, 3.63) is 47.0 Å². The normalized spacial score (nSPS) is 12.1. The number of aryl methyl sites for hydroxylation is 2. The third-order valence-electron chi connectivity index (χ3n) is 5.98. The first-order chi connectivity index (χ1) is 18.6. The van der Waals surface area contributed by atoms with E-state index in [0.717, 1.165) is 22.5 Å². The molecule has 1 unspecified atom stereocenters. The predicted octanol–water partition coefficient (Wildman–Crippen LogP) is 1.83. The van der Waals surface area contributed by atoms with Crippen LogP contribution in [-0.2, 0) is 25.9 Å². The van der Waals surface area contributed by atoms with Crippen LogP contribution in [-0.4, -0.2) is 51.7 Å². The van der Waals surface area contributed by atoms with Gasteiger partial charge >= 0.3 is 0 Å². The Bertz CT molecular complexity index is 1410. The van der Waals surface area contributed by atoms with Crippen LogP contribution in [0.5, 0.6) is 11.8 Å². The van der Waals surface area contributed by atoms with Crippen molar-refractivity contribution in [3.63, 3.8) is 0 Å². The van der Waals surface area contributed by atoms with E-state index < -0.39 is 0 Å². The van der Waals surface area contributed by atoms with Gasteiger partial charge in [0.1, 0.15) is 11.6 Å². The Morgan fingerprint density at radius 3 is 1.79 bits per heavy atom. The highest BCUT2D eigenvalue weighted by Crippen LogP contribution is 2.22. The lowest BCUT2D eigenvalue weighted by Gasteiger charge is -2.14. The largest absolute Gasteiger partial charge is 0.474 e. The van der Waals surface area contributed by atoms with Gasteiger partial charge in [0.2, 0.25) is 23.7 Å². The van der Waals surface area contributed by atoms with Gasteiger partial charge in [0, 0.05) is 79.4 Å². The van der Waals surface area contributed by atoms with E-state index in [0.29, 0.717) is 55.7 Å². The molecular formula is C25H36N12O2. The van der Waals surface area contributed by atoms with Crippen molar-refractivity contribution < 1.29 is 9.47 Å². The van der Waals surface area contributed by atoms with Crippen LogP contribution >= 0.6 is 0 Å². The second-order valence-electron chi connectivity index (χ2n) is 9.50. The van der Waals surface area contributed by atoms with Crippen molar-refractivity contribution in [2.45, 2.75) is 72.3 Å². The SMILES string of the molecule is CCn1nc(OC(C)CCn2nc(OC(C)C)cc2Cc2cnc(N)nc2N)cc1Cc1cnc(N)nc1N. The molecule has 0 fully saturated rings. The number of aromatic nitrogens is 8. The van der Waals surface area contributed by atoms with Crippen LogP contribution in [0, 0.1) is 0 Å². The number of nitrogens with zero attached hydrogens (tertiary/aromatic N) is 8. The molecule has 0 aliphatic rings. The maximum Gasteiger partial charge on any atom is 0.233 e. The minimum absolute atomic E-state index is 0.00795. The molecule has 0 saturated heterocycles. The summed E-state index contributed by atoms with van der Waals surface area (Å²) >= 11 is 0. The van der Waals surface area contributed by atoms with Crippen molar-refractivity contribution >= 4 is 23.5 Å². The number of hydrogen-bond donors (Lipinski definition) is 4. The van der Waals surface area contributed by atoms with Gasteiger partial charge in [-0.05, 0) is 27.7 Å². The molecular weight excluding hydrogens is 500 g/mol. The fourth-order valence-corrected chi connectivity index (χ4v) is 4.07. The predicted molar refractivity (Wildman–Crippen MR) is 148 cm³/mol. The van der Waals surface area contributed by atoms with Crippen LogP contribution in [0.3, 0.4) is 0 Å². The van der Waals surface area contributed by atoms with Gasteiger partial charge in [-0.25, -0.2) is 9.97 Å². The highest BCUT2D eigenvalue weighted by atomic mass is 16.5. The molecule has 0 spiro atoms. The smallest absolute Gasteiger partial charge is 0.233 e. The van der Waals surface area contributed by atoms with Crippen LogP contribution in [0.2, 0.25) is 0 Å². The Kier molecular flexibility index (Phi) is 8.32. The van der Waals surface area contributed by atoms with Crippen molar-refractivity contribution in [1.82, 2.24) is 39.5 Å². The summed E-state index contributed by atoms with van der Waals surface area (Å²) in [6, 6.07) is 3.82. The van der Waals surface area contributed by atoms with E-state index in [1.807, 2.05) is 49.2 Å². The molecule has 4 heterocycles. The zero-order chi connectivity index (χ0) is 28.1. The molecule has 0 amide bonds. The van der Waals surface area contributed by atoms with Crippen LogP contribution in [0.25, 0.3) is 0 Å². The Balaban J connectivity index is 1.44. The quantitative estimate of drug-likeness (QED) is 0.204. The maximum absolute atomic E-state index is 6.17. The van der Waals surface area contributed by atoms with Crippen LogP contribution < -0.4 is 32.4 Å². The molecule has 0 aliphatic carbocycles. The fourth-order valence-electron chi connectivity index (χ4n) is 4.07. The Labute approximate surface area is 226 Å². The van der Waals surface area contributed by atoms with E-state index in [9.17, 15) is 0 Å². The Hall–Kier alpha value is -4.62. The average molecular weight is 537 g/mol.